The third-order valence-electron chi connectivity index (χ3n) is 4.23. The Morgan fingerprint density at radius 3 is 2.57 bits per heavy atom. The first-order valence-corrected chi connectivity index (χ1v) is 9.73. The highest BCUT2D eigenvalue weighted by atomic mass is 32.2. The monoisotopic (exact) mass is 407 g/mol. The lowest BCUT2D eigenvalue weighted by atomic mass is 10.2. The Morgan fingerprint density at radius 1 is 1.21 bits per heavy atom. The molecular formula is C20H20F3N3OS. The van der Waals surface area contributed by atoms with Gasteiger partial charge in [0.15, 0.2) is 5.16 Å². The van der Waals surface area contributed by atoms with Crippen LogP contribution in [0.2, 0.25) is 0 Å². The molecule has 0 fully saturated rings. The van der Waals surface area contributed by atoms with Gasteiger partial charge in [-0.25, -0.2) is 4.98 Å². The van der Waals surface area contributed by atoms with Gasteiger partial charge in [-0.3, -0.25) is 4.79 Å². The highest BCUT2D eigenvalue weighted by Gasteiger charge is 2.31. The molecule has 0 aliphatic rings. The van der Waals surface area contributed by atoms with Gasteiger partial charge in [-0.05, 0) is 37.6 Å². The van der Waals surface area contributed by atoms with Crippen LogP contribution in [0.3, 0.4) is 0 Å². The first-order chi connectivity index (χ1) is 13.3. The molecule has 1 N–H and O–H groups in total. The molecule has 0 unspecified atom stereocenters. The van der Waals surface area contributed by atoms with Gasteiger partial charge in [0.1, 0.15) is 0 Å². The lowest BCUT2D eigenvalue weighted by Crippen LogP contribution is -2.30. The molecule has 0 bridgehead atoms. The van der Waals surface area contributed by atoms with Gasteiger partial charge in [-0.15, -0.1) is 0 Å². The summed E-state index contributed by atoms with van der Waals surface area (Å²) in [4.78, 5) is 16.5. The number of nitrogens with one attached hydrogen (secondary N) is 1. The lowest BCUT2D eigenvalue weighted by molar-refractivity contribution is -0.137. The fourth-order valence-corrected chi connectivity index (χ4v) is 3.77. The Bertz CT molecular complexity index is 970. The summed E-state index contributed by atoms with van der Waals surface area (Å²) >= 11 is 1.24. The number of aromatic nitrogens is 2. The number of amides is 1. The zero-order valence-electron chi connectivity index (χ0n) is 15.5. The zero-order valence-corrected chi connectivity index (χ0v) is 16.3. The molecule has 1 aromatic heterocycles. The van der Waals surface area contributed by atoms with Gasteiger partial charge in [0.2, 0.25) is 5.91 Å². The summed E-state index contributed by atoms with van der Waals surface area (Å²) in [6.45, 7) is 4.55. The van der Waals surface area contributed by atoms with E-state index in [4.69, 9.17) is 0 Å². The average Bonchev–Trinajstić information content (AvgIpc) is 2.98. The SMILES string of the molecule is CCNC(=O)[C@@H](C)Sc1nc2cc(C(F)(F)F)ccc2n1Cc1ccccc1. The highest BCUT2D eigenvalue weighted by Crippen LogP contribution is 2.34. The van der Waals surface area contributed by atoms with Crippen molar-refractivity contribution in [3.05, 3.63) is 59.7 Å². The second-order valence-corrected chi connectivity index (χ2v) is 7.63. The minimum Gasteiger partial charge on any atom is -0.355 e. The largest absolute Gasteiger partial charge is 0.416 e. The van der Waals surface area contributed by atoms with E-state index in [0.29, 0.717) is 23.8 Å². The molecule has 0 saturated carbocycles. The number of carbonyl (C=O) groups excluding carboxylic acids is 1. The van der Waals surface area contributed by atoms with Crippen LogP contribution in [0.1, 0.15) is 25.0 Å². The van der Waals surface area contributed by atoms with Gasteiger partial charge >= 0.3 is 6.18 Å². The molecule has 3 rings (SSSR count). The molecule has 0 spiro atoms. The fraction of sp³-hybridized carbons (Fsp3) is 0.300. The van der Waals surface area contributed by atoms with Crippen LogP contribution in [-0.4, -0.2) is 27.3 Å². The number of thioether (sulfide) groups is 1. The summed E-state index contributed by atoms with van der Waals surface area (Å²) < 4.78 is 41.1. The Hall–Kier alpha value is -2.48. The second kappa shape index (κ2) is 8.26. The van der Waals surface area contributed by atoms with E-state index < -0.39 is 17.0 Å². The number of benzene rings is 2. The van der Waals surface area contributed by atoms with Crippen molar-refractivity contribution in [3.63, 3.8) is 0 Å². The molecular weight excluding hydrogens is 387 g/mol. The number of imidazole rings is 1. The topological polar surface area (TPSA) is 46.9 Å². The van der Waals surface area contributed by atoms with Crippen molar-refractivity contribution < 1.29 is 18.0 Å². The van der Waals surface area contributed by atoms with Gasteiger partial charge in [0.05, 0.1) is 28.4 Å². The summed E-state index contributed by atoms with van der Waals surface area (Å²) in [5.74, 6) is -0.137. The molecule has 148 valence electrons. The van der Waals surface area contributed by atoms with Crippen LogP contribution in [0.4, 0.5) is 13.2 Å². The molecule has 2 aromatic carbocycles. The highest BCUT2D eigenvalue weighted by molar-refractivity contribution is 8.00. The first-order valence-electron chi connectivity index (χ1n) is 8.85. The smallest absolute Gasteiger partial charge is 0.355 e. The third kappa shape index (κ3) is 4.49. The summed E-state index contributed by atoms with van der Waals surface area (Å²) in [6, 6.07) is 13.1. The van der Waals surface area contributed by atoms with Crippen LogP contribution in [-0.2, 0) is 17.5 Å². The van der Waals surface area contributed by atoms with Crippen LogP contribution in [0, 0.1) is 0 Å². The number of hydrogen-bond donors (Lipinski definition) is 1. The summed E-state index contributed by atoms with van der Waals surface area (Å²) in [5, 5.41) is 2.84. The van der Waals surface area contributed by atoms with E-state index in [-0.39, 0.29) is 11.4 Å². The molecule has 0 aliphatic heterocycles. The standard InChI is InChI=1S/C20H20F3N3OS/c1-3-24-18(27)13(2)28-19-25-16-11-15(20(21,22)23)9-10-17(16)26(19)12-14-7-5-4-6-8-14/h4-11,13H,3,12H2,1-2H3,(H,24,27)/t13-/m1/s1. The predicted octanol–water partition coefficient (Wildman–Crippen LogP) is 4.72. The number of nitrogens with zero attached hydrogens (tertiary/aromatic N) is 2. The predicted molar refractivity (Wildman–Crippen MR) is 104 cm³/mol. The summed E-state index contributed by atoms with van der Waals surface area (Å²) in [6.07, 6.45) is -4.43. The molecule has 28 heavy (non-hydrogen) atoms. The molecule has 8 heteroatoms. The van der Waals surface area contributed by atoms with Crippen LogP contribution in [0.15, 0.2) is 53.7 Å². The molecule has 1 amide bonds. The molecule has 4 nitrogen and oxygen atoms in total. The van der Waals surface area contributed by atoms with Crippen molar-refractivity contribution >= 4 is 28.7 Å². The molecule has 0 radical (unpaired) electrons. The maximum Gasteiger partial charge on any atom is 0.416 e. The van der Waals surface area contributed by atoms with Crippen molar-refractivity contribution in [2.75, 3.05) is 6.54 Å². The van der Waals surface area contributed by atoms with Crippen LogP contribution >= 0.6 is 11.8 Å². The number of halogens is 3. The van der Waals surface area contributed by atoms with E-state index in [2.05, 4.69) is 10.3 Å². The van der Waals surface area contributed by atoms with Crippen LogP contribution < -0.4 is 5.32 Å². The van der Waals surface area contributed by atoms with Gasteiger partial charge in [0.25, 0.3) is 0 Å². The molecule has 0 saturated heterocycles. The quantitative estimate of drug-likeness (QED) is 0.602. The van der Waals surface area contributed by atoms with Crippen molar-refractivity contribution in [1.29, 1.82) is 0 Å². The van der Waals surface area contributed by atoms with E-state index in [9.17, 15) is 18.0 Å². The molecule has 1 heterocycles. The molecule has 0 aliphatic carbocycles. The van der Waals surface area contributed by atoms with E-state index >= 15 is 0 Å². The average molecular weight is 407 g/mol. The van der Waals surface area contributed by atoms with Crippen LogP contribution in [0.5, 0.6) is 0 Å². The van der Waals surface area contributed by atoms with E-state index in [1.165, 1.54) is 17.8 Å². The van der Waals surface area contributed by atoms with Gasteiger partial charge in [-0.1, -0.05) is 42.1 Å². The minimum absolute atomic E-state index is 0.137. The zero-order chi connectivity index (χ0) is 20.3. The first kappa shape index (κ1) is 20.3. The van der Waals surface area contributed by atoms with Gasteiger partial charge in [-0.2, -0.15) is 13.2 Å². The van der Waals surface area contributed by atoms with Crippen LogP contribution in [0.25, 0.3) is 11.0 Å². The van der Waals surface area contributed by atoms with Crippen molar-refractivity contribution in [1.82, 2.24) is 14.9 Å². The Kier molecular flexibility index (Phi) is 5.98. The lowest BCUT2D eigenvalue weighted by Gasteiger charge is -2.13. The van der Waals surface area contributed by atoms with E-state index in [1.54, 1.807) is 6.92 Å². The maximum absolute atomic E-state index is 13.1. The normalized spacial score (nSPS) is 12.9. The summed E-state index contributed by atoms with van der Waals surface area (Å²) in [7, 11) is 0. The summed E-state index contributed by atoms with van der Waals surface area (Å²) in [5.41, 5.74) is 1.12. The number of alkyl halides is 3. The molecule has 3 aromatic rings. The Balaban J connectivity index is 2.03. The van der Waals surface area contributed by atoms with E-state index in [1.807, 2.05) is 41.8 Å². The number of carbonyl (C=O) groups is 1. The third-order valence-corrected chi connectivity index (χ3v) is 5.32. The minimum atomic E-state index is -4.43. The van der Waals surface area contributed by atoms with Crippen molar-refractivity contribution in [2.24, 2.45) is 0 Å². The van der Waals surface area contributed by atoms with E-state index in [0.717, 1.165) is 17.7 Å². The maximum atomic E-state index is 13.1. The Morgan fingerprint density at radius 2 is 1.93 bits per heavy atom. The number of rotatable bonds is 6. The van der Waals surface area contributed by atoms with Gasteiger partial charge in [0, 0.05) is 6.54 Å². The fourth-order valence-electron chi connectivity index (χ4n) is 2.82. The van der Waals surface area contributed by atoms with Crippen molar-refractivity contribution in [3.8, 4) is 0 Å². The second-order valence-electron chi connectivity index (χ2n) is 6.32. The Labute approximate surface area is 165 Å². The number of fused-ring (bicyclic) bond motifs is 1. The molecule has 1 atom stereocenters. The van der Waals surface area contributed by atoms with Crippen molar-refractivity contribution in [2.45, 2.75) is 37.0 Å². The van der Waals surface area contributed by atoms with Gasteiger partial charge < -0.3 is 9.88 Å². The number of hydrogen-bond acceptors (Lipinski definition) is 3.